The van der Waals surface area contributed by atoms with Gasteiger partial charge < -0.3 is 29.8 Å². The fourth-order valence-corrected chi connectivity index (χ4v) is 5.25. The number of nitrogens with zero attached hydrogens (tertiary/aromatic N) is 2. The van der Waals surface area contributed by atoms with Crippen LogP contribution in [0.5, 0.6) is 0 Å². The van der Waals surface area contributed by atoms with Crippen LogP contribution >= 0.6 is 0 Å². The number of hydrogen-bond donors (Lipinski definition) is 3. The first kappa shape index (κ1) is 30.9. The molecule has 0 bridgehead atoms. The number of nitrogens with one attached hydrogen (secondary N) is 2. The number of hydrogen-bond acceptors (Lipinski definition) is 7. The Morgan fingerprint density at radius 3 is 2.33 bits per heavy atom. The van der Waals surface area contributed by atoms with Gasteiger partial charge in [0.1, 0.15) is 12.9 Å². The molecule has 5 rings (SSSR count). The number of benzene rings is 2. The summed E-state index contributed by atoms with van der Waals surface area (Å²) in [6.07, 6.45) is 4.52. The molecule has 12 heteroatoms. The molecular weight excluding hydrogens is 553 g/mol. The van der Waals surface area contributed by atoms with Crippen LogP contribution in [0.15, 0.2) is 71.5 Å². The Labute approximate surface area is 242 Å². The standard InChI is InChI=1S/C28H34N4O3.C2HF3O2/c33-28(35-20-21-7-2-1-3-8-21)31-26-11-5-4-10-25(26)30-23-9-6-17-32(19-23)24-14-12-22(13-15-24)27-29-16-18-34-27;3-2(4,5)1(6)7/h1-3,7-8,12-16,18,23,25-26,30H,4-6,9-11,17,19-20H2,(H,31,33);(H,6,7)/t23-,25+,26+;/m0./s1. The Morgan fingerprint density at radius 2 is 1.69 bits per heavy atom. The highest BCUT2D eigenvalue weighted by molar-refractivity contribution is 5.73. The van der Waals surface area contributed by atoms with E-state index >= 15 is 0 Å². The molecule has 1 saturated carbocycles. The topological polar surface area (TPSA) is 117 Å². The SMILES string of the molecule is O=C(N[C@@H]1CCCC[C@H]1N[C@H]1CCCN(c2ccc(-c3ncco3)cc2)C1)OCc1ccccc1.O=C(O)C(F)(F)F. The number of rotatable bonds is 7. The van der Waals surface area contributed by atoms with Crippen molar-refractivity contribution in [1.29, 1.82) is 0 Å². The van der Waals surface area contributed by atoms with E-state index in [1.807, 2.05) is 30.3 Å². The number of aliphatic carboxylic acids is 1. The van der Waals surface area contributed by atoms with Gasteiger partial charge in [0.25, 0.3) is 0 Å². The molecule has 2 heterocycles. The molecule has 0 radical (unpaired) electrons. The number of halogens is 3. The van der Waals surface area contributed by atoms with Crippen LogP contribution in [0.4, 0.5) is 23.7 Å². The molecule has 9 nitrogen and oxygen atoms in total. The molecule has 0 unspecified atom stereocenters. The highest BCUT2D eigenvalue weighted by atomic mass is 19.4. The molecule has 1 aliphatic carbocycles. The van der Waals surface area contributed by atoms with E-state index in [1.54, 1.807) is 12.5 Å². The minimum Gasteiger partial charge on any atom is -0.475 e. The lowest BCUT2D eigenvalue weighted by Crippen LogP contribution is -2.57. The molecule has 3 atom stereocenters. The summed E-state index contributed by atoms with van der Waals surface area (Å²) in [5, 5.41) is 14.1. The predicted molar refractivity (Wildman–Crippen MR) is 150 cm³/mol. The Bertz CT molecular complexity index is 1260. The van der Waals surface area contributed by atoms with Gasteiger partial charge in [-0.15, -0.1) is 0 Å². The van der Waals surface area contributed by atoms with Gasteiger partial charge in [-0.2, -0.15) is 13.2 Å². The smallest absolute Gasteiger partial charge is 0.475 e. The van der Waals surface area contributed by atoms with E-state index in [0.717, 1.165) is 56.3 Å². The first-order chi connectivity index (χ1) is 20.2. The third-order valence-electron chi connectivity index (χ3n) is 7.31. The van der Waals surface area contributed by atoms with Gasteiger partial charge in [0, 0.05) is 42.5 Å². The normalized spacial score (nSPS) is 20.6. The van der Waals surface area contributed by atoms with E-state index in [4.69, 9.17) is 19.1 Å². The second kappa shape index (κ2) is 14.7. The Morgan fingerprint density at radius 1 is 1.00 bits per heavy atom. The molecule has 3 aromatic rings. The molecule has 226 valence electrons. The summed E-state index contributed by atoms with van der Waals surface area (Å²) in [5.41, 5.74) is 3.20. The summed E-state index contributed by atoms with van der Waals surface area (Å²) in [5.74, 6) is -2.11. The number of carbonyl (C=O) groups excluding carboxylic acids is 1. The van der Waals surface area contributed by atoms with Crippen molar-refractivity contribution in [2.45, 2.75) is 69.4 Å². The van der Waals surface area contributed by atoms with Crippen LogP contribution in [0.1, 0.15) is 44.1 Å². The molecule has 2 aliphatic rings. The molecule has 2 fully saturated rings. The fourth-order valence-electron chi connectivity index (χ4n) is 5.25. The zero-order valence-corrected chi connectivity index (χ0v) is 23.1. The molecular formula is C30H35F3N4O5. The molecule has 1 aliphatic heterocycles. The summed E-state index contributed by atoms with van der Waals surface area (Å²) in [6, 6.07) is 19.0. The maximum atomic E-state index is 12.5. The number of carboxylic acids is 1. The number of piperidine rings is 1. The molecule has 1 saturated heterocycles. The van der Waals surface area contributed by atoms with Crippen LogP contribution < -0.4 is 15.5 Å². The average molecular weight is 589 g/mol. The zero-order chi connectivity index (χ0) is 30.0. The molecule has 2 aromatic carbocycles. The lowest BCUT2D eigenvalue weighted by atomic mass is 9.89. The van der Waals surface area contributed by atoms with E-state index in [-0.39, 0.29) is 18.2 Å². The average Bonchev–Trinajstić information content (AvgIpc) is 3.53. The largest absolute Gasteiger partial charge is 0.490 e. The number of carboxylic acid groups (broad SMARTS) is 1. The third kappa shape index (κ3) is 9.23. The van der Waals surface area contributed by atoms with Crippen molar-refractivity contribution in [2.75, 3.05) is 18.0 Å². The Balaban J connectivity index is 0.000000517. The van der Waals surface area contributed by atoms with E-state index in [2.05, 4.69) is 44.8 Å². The van der Waals surface area contributed by atoms with Gasteiger partial charge in [0.2, 0.25) is 5.89 Å². The number of amides is 1. The number of anilines is 1. The molecule has 42 heavy (non-hydrogen) atoms. The molecule has 0 spiro atoms. The van der Waals surface area contributed by atoms with Crippen molar-refractivity contribution in [1.82, 2.24) is 15.6 Å². The van der Waals surface area contributed by atoms with Crippen LogP contribution in [-0.4, -0.2) is 59.5 Å². The van der Waals surface area contributed by atoms with Crippen molar-refractivity contribution < 1.29 is 37.0 Å². The van der Waals surface area contributed by atoms with Crippen molar-refractivity contribution >= 4 is 17.7 Å². The summed E-state index contributed by atoms with van der Waals surface area (Å²) in [7, 11) is 0. The zero-order valence-electron chi connectivity index (χ0n) is 23.1. The van der Waals surface area contributed by atoms with Crippen LogP contribution in [0.3, 0.4) is 0 Å². The maximum absolute atomic E-state index is 12.5. The number of alkyl carbamates (subject to hydrolysis) is 1. The van der Waals surface area contributed by atoms with Gasteiger partial charge in [0.15, 0.2) is 0 Å². The summed E-state index contributed by atoms with van der Waals surface area (Å²) in [4.78, 5) is 28.1. The van der Waals surface area contributed by atoms with E-state index in [1.165, 1.54) is 12.1 Å². The highest BCUT2D eigenvalue weighted by Crippen LogP contribution is 2.26. The number of oxazole rings is 1. The van der Waals surface area contributed by atoms with Gasteiger partial charge in [0.05, 0.1) is 6.20 Å². The molecule has 3 N–H and O–H groups in total. The van der Waals surface area contributed by atoms with Crippen LogP contribution in [0, 0.1) is 0 Å². The predicted octanol–water partition coefficient (Wildman–Crippen LogP) is 5.77. The first-order valence-corrected chi connectivity index (χ1v) is 14.0. The van der Waals surface area contributed by atoms with E-state index in [0.29, 0.717) is 18.5 Å². The van der Waals surface area contributed by atoms with Crippen LogP contribution in [0.2, 0.25) is 0 Å². The lowest BCUT2D eigenvalue weighted by molar-refractivity contribution is -0.192. The number of carbonyl (C=O) groups is 2. The highest BCUT2D eigenvalue weighted by Gasteiger charge is 2.38. The van der Waals surface area contributed by atoms with Crippen LogP contribution in [-0.2, 0) is 16.1 Å². The minimum absolute atomic E-state index is 0.0995. The van der Waals surface area contributed by atoms with Gasteiger partial charge in [-0.1, -0.05) is 43.2 Å². The number of aromatic nitrogens is 1. The lowest BCUT2D eigenvalue weighted by Gasteiger charge is -2.40. The maximum Gasteiger partial charge on any atom is 0.490 e. The second-order valence-corrected chi connectivity index (χ2v) is 10.3. The number of alkyl halides is 3. The van der Waals surface area contributed by atoms with E-state index in [9.17, 15) is 18.0 Å². The van der Waals surface area contributed by atoms with Crippen molar-refractivity contribution in [3.05, 3.63) is 72.6 Å². The van der Waals surface area contributed by atoms with Gasteiger partial charge >= 0.3 is 18.2 Å². The second-order valence-electron chi connectivity index (χ2n) is 10.3. The van der Waals surface area contributed by atoms with Crippen molar-refractivity contribution in [2.24, 2.45) is 0 Å². The molecule has 1 amide bonds. The summed E-state index contributed by atoms with van der Waals surface area (Å²) in [6.45, 7) is 2.30. The van der Waals surface area contributed by atoms with Crippen LogP contribution in [0.25, 0.3) is 11.5 Å². The van der Waals surface area contributed by atoms with Crippen molar-refractivity contribution in [3.8, 4) is 11.5 Å². The van der Waals surface area contributed by atoms with Gasteiger partial charge in [-0.3, -0.25) is 0 Å². The Hall–Kier alpha value is -4.06. The minimum atomic E-state index is -5.08. The molecule has 1 aromatic heterocycles. The van der Waals surface area contributed by atoms with Crippen molar-refractivity contribution in [3.63, 3.8) is 0 Å². The number of ether oxygens (including phenoxy) is 1. The van der Waals surface area contributed by atoms with E-state index < -0.39 is 12.1 Å². The van der Waals surface area contributed by atoms with Gasteiger partial charge in [-0.05, 0) is 55.5 Å². The Kier molecular flexibility index (Phi) is 10.8. The fraction of sp³-hybridized carbons (Fsp3) is 0.433. The summed E-state index contributed by atoms with van der Waals surface area (Å²) < 4.78 is 42.6. The third-order valence-corrected chi connectivity index (χ3v) is 7.31. The summed E-state index contributed by atoms with van der Waals surface area (Å²) >= 11 is 0. The van der Waals surface area contributed by atoms with Gasteiger partial charge in [-0.25, -0.2) is 14.6 Å². The first-order valence-electron chi connectivity index (χ1n) is 14.0. The monoisotopic (exact) mass is 588 g/mol. The quantitative estimate of drug-likeness (QED) is 0.319.